The van der Waals surface area contributed by atoms with Crippen LogP contribution in [-0.2, 0) is 6.54 Å². The summed E-state index contributed by atoms with van der Waals surface area (Å²) in [4.78, 5) is 17.3. The van der Waals surface area contributed by atoms with Crippen LogP contribution in [0.5, 0.6) is 0 Å². The molecule has 0 fully saturated rings. The summed E-state index contributed by atoms with van der Waals surface area (Å²) in [7, 11) is 1.67. The second-order valence-electron chi connectivity index (χ2n) is 3.73. The van der Waals surface area contributed by atoms with Crippen molar-refractivity contribution in [3.63, 3.8) is 0 Å². The molecule has 0 radical (unpaired) electrons. The Labute approximate surface area is 109 Å². The molecule has 0 aliphatic heterocycles. The highest BCUT2D eigenvalue weighted by molar-refractivity contribution is 6.30. The van der Waals surface area contributed by atoms with E-state index in [0.29, 0.717) is 23.1 Å². The molecule has 0 spiro atoms. The van der Waals surface area contributed by atoms with Crippen LogP contribution in [0, 0.1) is 0 Å². The first-order chi connectivity index (χ1) is 8.65. The zero-order chi connectivity index (χ0) is 13.0. The Hall–Kier alpha value is -2.08. The molecule has 2 amide bonds. The lowest BCUT2D eigenvalue weighted by Gasteiger charge is -2.16. The maximum atomic E-state index is 11.9. The Morgan fingerprint density at radius 1 is 1.56 bits per heavy atom. The van der Waals surface area contributed by atoms with Crippen LogP contribution >= 0.6 is 11.6 Å². The van der Waals surface area contributed by atoms with Crippen molar-refractivity contribution in [2.24, 2.45) is 0 Å². The fraction of sp³-hybridized carbons (Fsp3) is 0.182. The van der Waals surface area contributed by atoms with E-state index in [1.54, 1.807) is 31.3 Å². The summed E-state index contributed by atoms with van der Waals surface area (Å²) in [6.45, 7) is 0.354. The monoisotopic (exact) mass is 265 g/mol. The van der Waals surface area contributed by atoms with Gasteiger partial charge in [0, 0.05) is 17.8 Å². The van der Waals surface area contributed by atoms with Crippen molar-refractivity contribution in [3.8, 4) is 0 Å². The van der Waals surface area contributed by atoms with Gasteiger partial charge in [-0.3, -0.25) is 5.10 Å². The third kappa shape index (κ3) is 3.21. The number of nitrogens with zero attached hydrogens (tertiary/aromatic N) is 3. The van der Waals surface area contributed by atoms with Crippen LogP contribution in [0.1, 0.15) is 5.82 Å². The van der Waals surface area contributed by atoms with E-state index >= 15 is 0 Å². The van der Waals surface area contributed by atoms with Gasteiger partial charge >= 0.3 is 6.03 Å². The van der Waals surface area contributed by atoms with E-state index in [4.69, 9.17) is 11.6 Å². The number of hydrogen-bond acceptors (Lipinski definition) is 3. The molecule has 0 atom stereocenters. The molecule has 1 aromatic heterocycles. The average molecular weight is 266 g/mol. The van der Waals surface area contributed by atoms with Gasteiger partial charge in [0.05, 0.1) is 6.54 Å². The Morgan fingerprint density at radius 2 is 2.39 bits per heavy atom. The molecule has 94 valence electrons. The standard InChI is InChI=1S/C11H12ClN5O/c1-17(6-10-13-7-14-16-10)11(18)15-9-4-2-3-8(12)5-9/h2-5,7H,6H2,1H3,(H,15,18)(H,13,14,16). The largest absolute Gasteiger partial charge is 0.321 e. The zero-order valence-corrected chi connectivity index (χ0v) is 10.5. The number of halogens is 1. The predicted molar refractivity (Wildman–Crippen MR) is 68.3 cm³/mol. The van der Waals surface area contributed by atoms with Gasteiger partial charge in [-0.1, -0.05) is 17.7 Å². The highest BCUT2D eigenvalue weighted by Gasteiger charge is 2.10. The number of benzene rings is 1. The number of carbonyl (C=O) groups is 1. The molecule has 18 heavy (non-hydrogen) atoms. The third-order valence-corrected chi connectivity index (χ3v) is 2.51. The summed E-state index contributed by atoms with van der Waals surface area (Å²) in [5.74, 6) is 0.624. The van der Waals surface area contributed by atoms with E-state index in [2.05, 4.69) is 20.5 Å². The predicted octanol–water partition coefficient (Wildman–Crippen LogP) is 2.12. The maximum absolute atomic E-state index is 11.9. The summed E-state index contributed by atoms with van der Waals surface area (Å²) < 4.78 is 0. The average Bonchev–Trinajstić information content (AvgIpc) is 2.81. The number of rotatable bonds is 3. The summed E-state index contributed by atoms with van der Waals surface area (Å²) in [5.41, 5.74) is 0.650. The van der Waals surface area contributed by atoms with Gasteiger partial charge in [0.1, 0.15) is 12.2 Å². The first-order valence-corrected chi connectivity index (χ1v) is 5.65. The first-order valence-electron chi connectivity index (χ1n) is 5.27. The number of anilines is 1. The summed E-state index contributed by atoms with van der Waals surface area (Å²) in [5, 5.41) is 9.72. The van der Waals surface area contributed by atoms with Gasteiger partial charge < -0.3 is 10.2 Å². The minimum Gasteiger partial charge on any atom is -0.320 e. The highest BCUT2D eigenvalue weighted by Crippen LogP contribution is 2.15. The van der Waals surface area contributed by atoms with Crippen molar-refractivity contribution in [3.05, 3.63) is 41.4 Å². The van der Waals surface area contributed by atoms with Gasteiger partial charge in [-0.2, -0.15) is 5.10 Å². The quantitative estimate of drug-likeness (QED) is 0.893. The van der Waals surface area contributed by atoms with Crippen LogP contribution in [0.15, 0.2) is 30.6 Å². The van der Waals surface area contributed by atoms with Gasteiger partial charge in [-0.05, 0) is 18.2 Å². The summed E-state index contributed by atoms with van der Waals surface area (Å²) >= 11 is 5.83. The van der Waals surface area contributed by atoms with Crippen molar-refractivity contribution < 1.29 is 4.79 Å². The van der Waals surface area contributed by atoms with Crippen LogP contribution in [-0.4, -0.2) is 33.2 Å². The van der Waals surface area contributed by atoms with Crippen molar-refractivity contribution >= 4 is 23.3 Å². The molecule has 0 aliphatic rings. The number of H-pyrrole nitrogens is 1. The molecule has 2 aromatic rings. The van der Waals surface area contributed by atoms with Gasteiger partial charge in [-0.25, -0.2) is 9.78 Å². The fourth-order valence-electron chi connectivity index (χ4n) is 1.39. The first kappa shape index (κ1) is 12.4. The summed E-state index contributed by atoms with van der Waals surface area (Å²) in [6.07, 6.45) is 1.40. The molecular formula is C11H12ClN5O. The number of urea groups is 1. The highest BCUT2D eigenvalue weighted by atomic mass is 35.5. The molecule has 6 nitrogen and oxygen atoms in total. The van der Waals surface area contributed by atoms with Gasteiger partial charge in [0.25, 0.3) is 0 Å². The number of hydrogen-bond donors (Lipinski definition) is 2. The van der Waals surface area contributed by atoms with E-state index in [9.17, 15) is 4.79 Å². The molecule has 7 heteroatoms. The van der Waals surface area contributed by atoms with Gasteiger partial charge in [-0.15, -0.1) is 0 Å². The molecule has 1 heterocycles. The Morgan fingerprint density at radius 3 is 3.06 bits per heavy atom. The molecule has 1 aromatic carbocycles. The maximum Gasteiger partial charge on any atom is 0.321 e. The third-order valence-electron chi connectivity index (χ3n) is 2.27. The molecule has 0 saturated heterocycles. The molecule has 2 N–H and O–H groups in total. The molecule has 2 rings (SSSR count). The summed E-state index contributed by atoms with van der Waals surface area (Å²) in [6, 6.07) is 6.73. The van der Waals surface area contributed by atoms with E-state index in [0.717, 1.165) is 0 Å². The van der Waals surface area contributed by atoms with Crippen LogP contribution < -0.4 is 5.32 Å². The Kier molecular flexibility index (Phi) is 3.78. The van der Waals surface area contributed by atoms with E-state index < -0.39 is 0 Å². The van der Waals surface area contributed by atoms with Crippen LogP contribution in [0.25, 0.3) is 0 Å². The Bertz CT molecular complexity index is 528. The molecular weight excluding hydrogens is 254 g/mol. The van der Waals surface area contributed by atoms with Crippen LogP contribution in [0.4, 0.5) is 10.5 Å². The molecule has 0 saturated carbocycles. The number of nitrogens with one attached hydrogen (secondary N) is 2. The SMILES string of the molecule is CN(Cc1ncn[nH]1)C(=O)Nc1cccc(Cl)c1. The molecule has 0 unspecified atom stereocenters. The smallest absolute Gasteiger partial charge is 0.320 e. The number of aromatic amines is 1. The molecule has 0 bridgehead atoms. The zero-order valence-electron chi connectivity index (χ0n) is 9.72. The normalized spacial score (nSPS) is 10.1. The molecule has 0 aliphatic carbocycles. The van der Waals surface area contributed by atoms with Crippen LogP contribution in [0.2, 0.25) is 5.02 Å². The fourth-order valence-corrected chi connectivity index (χ4v) is 1.58. The lowest BCUT2D eigenvalue weighted by molar-refractivity contribution is 0.219. The minimum atomic E-state index is -0.242. The second-order valence-corrected chi connectivity index (χ2v) is 4.17. The topological polar surface area (TPSA) is 73.9 Å². The van der Waals surface area contributed by atoms with E-state index in [1.807, 2.05) is 0 Å². The second kappa shape index (κ2) is 5.50. The lowest BCUT2D eigenvalue weighted by Crippen LogP contribution is -2.31. The van der Waals surface area contributed by atoms with Crippen LogP contribution in [0.3, 0.4) is 0 Å². The van der Waals surface area contributed by atoms with E-state index in [-0.39, 0.29) is 6.03 Å². The Balaban J connectivity index is 1.95. The van der Waals surface area contributed by atoms with E-state index in [1.165, 1.54) is 11.2 Å². The number of amides is 2. The van der Waals surface area contributed by atoms with Gasteiger partial charge in [0.2, 0.25) is 0 Å². The van der Waals surface area contributed by atoms with Gasteiger partial charge in [0.15, 0.2) is 0 Å². The number of carbonyl (C=O) groups excluding carboxylic acids is 1. The lowest BCUT2D eigenvalue weighted by atomic mass is 10.3. The van der Waals surface area contributed by atoms with Crippen molar-refractivity contribution in [2.45, 2.75) is 6.54 Å². The minimum absolute atomic E-state index is 0.242. The number of aromatic nitrogens is 3. The van der Waals surface area contributed by atoms with Crippen molar-refractivity contribution in [1.29, 1.82) is 0 Å². The van der Waals surface area contributed by atoms with Crippen molar-refractivity contribution in [1.82, 2.24) is 20.1 Å². The van der Waals surface area contributed by atoms with Crippen molar-refractivity contribution in [2.75, 3.05) is 12.4 Å².